The van der Waals surface area contributed by atoms with Crippen molar-refractivity contribution in [2.45, 2.75) is 51.4 Å². The second-order valence-corrected chi connectivity index (χ2v) is 7.26. The van der Waals surface area contributed by atoms with Crippen molar-refractivity contribution in [3.63, 3.8) is 0 Å². The smallest absolute Gasteiger partial charge is 0.246 e. The molecule has 1 aromatic rings. The van der Waals surface area contributed by atoms with E-state index in [9.17, 15) is 9.59 Å². The molecule has 0 unspecified atom stereocenters. The highest BCUT2D eigenvalue weighted by atomic mass is 35.5. The first kappa shape index (κ1) is 17.2. The molecule has 2 aliphatic rings. The standard InChI is InChI=1S/C18H24ClN3O2/c1-3-11(2)16-18(24)22-10-14(8-15(22)17(23)21-16)20-9-12-5-4-6-13(19)7-12/h4-7,11,14-16,20H,3,8-10H2,1-2H3,(H,21,23)/t11-,14-,15-,16-/m0/s1. The summed E-state index contributed by atoms with van der Waals surface area (Å²) in [7, 11) is 0. The monoisotopic (exact) mass is 349 g/mol. The zero-order valence-corrected chi connectivity index (χ0v) is 14.8. The topological polar surface area (TPSA) is 61.4 Å². The van der Waals surface area contributed by atoms with Crippen molar-refractivity contribution in [3.8, 4) is 0 Å². The maximum Gasteiger partial charge on any atom is 0.246 e. The minimum Gasteiger partial charge on any atom is -0.342 e. The van der Waals surface area contributed by atoms with E-state index in [-0.39, 0.29) is 35.9 Å². The zero-order valence-electron chi connectivity index (χ0n) is 14.1. The summed E-state index contributed by atoms with van der Waals surface area (Å²) in [6.45, 7) is 5.31. The van der Waals surface area contributed by atoms with Crippen LogP contribution in [0.2, 0.25) is 5.02 Å². The summed E-state index contributed by atoms with van der Waals surface area (Å²) < 4.78 is 0. The van der Waals surface area contributed by atoms with Gasteiger partial charge in [-0.3, -0.25) is 9.59 Å². The highest BCUT2D eigenvalue weighted by Gasteiger charge is 2.47. The third-order valence-electron chi connectivity index (χ3n) is 5.15. The molecule has 2 heterocycles. The van der Waals surface area contributed by atoms with Gasteiger partial charge in [-0.1, -0.05) is 44.0 Å². The van der Waals surface area contributed by atoms with Gasteiger partial charge in [-0.05, 0) is 30.0 Å². The Morgan fingerprint density at radius 1 is 1.42 bits per heavy atom. The van der Waals surface area contributed by atoms with Crippen LogP contribution in [0, 0.1) is 5.92 Å². The van der Waals surface area contributed by atoms with Crippen molar-refractivity contribution >= 4 is 23.4 Å². The van der Waals surface area contributed by atoms with Gasteiger partial charge in [-0.15, -0.1) is 0 Å². The Kier molecular flexibility index (Phi) is 5.11. The molecule has 6 heteroatoms. The number of fused-ring (bicyclic) bond motifs is 1. The van der Waals surface area contributed by atoms with Crippen LogP contribution in [0.25, 0.3) is 0 Å². The summed E-state index contributed by atoms with van der Waals surface area (Å²) in [4.78, 5) is 26.8. The van der Waals surface area contributed by atoms with Crippen molar-refractivity contribution in [2.24, 2.45) is 5.92 Å². The van der Waals surface area contributed by atoms with Gasteiger partial charge in [-0.2, -0.15) is 0 Å². The molecule has 2 amide bonds. The first-order valence-corrected chi connectivity index (χ1v) is 8.96. The van der Waals surface area contributed by atoms with Crippen LogP contribution in [0.3, 0.4) is 0 Å². The molecular formula is C18H24ClN3O2. The number of amides is 2. The molecule has 4 atom stereocenters. The summed E-state index contributed by atoms with van der Waals surface area (Å²) in [6.07, 6.45) is 1.52. The fraction of sp³-hybridized carbons (Fsp3) is 0.556. The molecule has 0 bridgehead atoms. The summed E-state index contributed by atoms with van der Waals surface area (Å²) in [5.74, 6) is 0.189. The fourth-order valence-corrected chi connectivity index (χ4v) is 3.71. The Morgan fingerprint density at radius 2 is 2.21 bits per heavy atom. The highest BCUT2D eigenvalue weighted by Crippen LogP contribution is 2.26. The first-order valence-electron chi connectivity index (χ1n) is 8.58. The molecule has 0 radical (unpaired) electrons. The molecule has 2 fully saturated rings. The van der Waals surface area contributed by atoms with Gasteiger partial charge < -0.3 is 15.5 Å². The van der Waals surface area contributed by atoms with Crippen molar-refractivity contribution < 1.29 is 9.59 Å². The summed E-state index contributed by atoms with van der Waals surface area (Å²) >= 11 is 6.00. The number of halogens is 1. The number of carbonyl (C=O) groups is 2. The van der Waals surface area contributed by atoms with Gasteiger partial charge >= 0.3 is 0 Å². The quantitative estimate of drug-likeness (QED) is 0.854. The number of carbonyl (C=O) groups excluding carboxylic acids is 2. The van der Waals surface area contributed by atoms with E-state index in [1.54, 1.807) is 4.90 Å². The Morgan fingerprint density at radius 3 is 2.92 bits per heavy atom. The lowest BCUT2D eigenvalue weighted by molar-refractivity contribution is -0.148. The normalized spacial score (nSPS) is 27.8. The van der Waals surface area contributed by atoms with Gasteiger partial charge in [0, 0.05) is 24.2 Å². The Labute approximate surface area is 147 Å². The van der Waals surface area contributed by atoms with Crippen molar-refractivity contribution in [1.82, 2.24) is 15.5 Å². The van der Waals surface area contributed by atoms with Crippen LogP contribution < -0.4 is 10.6 Å². The number of nitrogens with one attached hydrogen (secondary N) is 2. The third kappa shape index (κ3) is 3.42. The van der Waals surface area contributed by atoms with E-state index >= 15 is 0 Å². The van der Waals surface area contributed by atoms with Gasteiger partial charge in [0.15, 0.2) is 0 Å². The van der Waals surface area contributed by atoms with Gasteiger partial charge in [0.1, 0.15) is 12.1 Å². The second-order valence-electron chi connectivity index (χ2n) is 6.82. The second kappa shape index (κ2) is 7.11. The number of hydrogen-bond acceptors (Lipinski definition) is 3. The van der Waals surface area contributed by atoms with Crippen LogP contribution in [0.1, 0.15) is 32.3 Å². The highest BCUT2D eigenvalue weighted by molar-refractivity contribution is 6.30. The van der Waals surface area contributed by atoms with E-state index in [2.05, 4.69) is 10.6 Å². The molecule has 24 heavy (non-hydrogen) atoms. The van der Waals surface area contributed by atoms with Crippen LogP contribution in [-0.2, 0) is 16.1 Å². The molecule has 2 aliphatic heterocycles. The number of piperazine rings is 1. The lowest BCUT2D eigenvalue weighted by Gasteiger charge is -2.36. The fourth-order valence-electron chi connectivity index (χ4n) is 3.50. The van der Waals surface area contributed by atoms with E-state index in [0.29, 0.717) is 24.5 Å². The van der Waals surface area contributed by atoms with Crippen molar-refractivity contribution in [1.29, 1.82) is 0 Å². The average Bonchev–Trinajstić information content (AvgIpc) is 3.01. The molecular weight excluding hydrogens is 326 g/mol. The summed E-state index contributed by atoms with van der Waals surface area (Å²) in [5, 5.41) is 7.07. The van der Waals surface area contributed by atoms with Gasteiger partial charge in [0.05, 0.1) is 0 Å². The first-order chi connectivity index (χ1) is 11.5. The Balaban J connectivity index is 1.63. The Hall–Kier alpha value is -1.59. The molecule has 0 saturated carbocycles. The molecule has 130 valence electrons. The zero-order chi connectivity index (χ0) is 17.3. The van der Waals surface area contributed by atoms with Crippen LogP contribution in [0.5, 0.6) is 0 Å². The molecule has 0 aromatic heterocycles. The lowest BCUT2D eigenvalue weighted by Crippen LogP contribution is -2.62. The van der Waals surface area contributed by atoms with Crippen LogP contribution >= 0.6 is 11.6 Å². The van der Waals surface area contributed by atoms with Crippen LogP contribution in [-0.4, -0.2) is 41.4 Å². The largest absolute Gasteiger partial charge is 0.342 e. The summed E-state index contributed by atoms with van der Waals surface area (Å²) in [5.41, 5.74) is 1.10. The molecule has 1 aromatic carbocycles. The average molecular weight is 350 g/mol. The van der Waals surface area contributed by atoms with E-state index in [0.717, 1.165) is 12.0 Å². The number of benzene rings is 1. The number of nitrogens with zero attached hydrogens (tertiary/aromatic N) is 1. The van der Waals surface area contributed by atoms with E-state index in [1.165, 1.54) is 0 Å². The molecule has 5 nitrogen and oxygen atoms in total. The minimum absolute atomic E-state index is 0.0213. The SMILES string of the molecule is CC[C@H](C)[C@@H]1NC(=O)[C@@H]2C[C@H](NCc3cccc(Cl)c3)CN2C1=O. The van der Waals surface area contributed by atoms with Crippen molar-refractivity contribution in [2.75, 3.05) is 6.54 Å². The van der Waals surface area contributed by atoms with Crippen LogP contribution in [0.4, 0.5) is 0 Å². The minimum atomic E-state index is -0.384. The van der Waals surface area contributed by atoms with Crippen molar-refractivity contribution in [3.05, 3.63) is 34.9 Å². The molecule has 0 spiro atoms. The molecule has 2 saturated heterocycles. The van der Waals surface area contributed by atoms with E-state index in [4.69, 9.17) is 11.6 Å². The third-order valence-corrected chi connectivity index (χ3v) is 5.38. The van der Waals surface area contributed by atoms with E-state index in [1.807, 2.05) is 38.1 Å². The van der Waals surface area contributed by atoms with Gasteiger partial charge in [0.25, 0.3) is 0 Å². The predicted octanol–water partition coefficient (Wildman–Crippen LogP) is 1.94. The Bertz CT molecular complexity index is 636. The van der Waals surface area contributed by atoms with Crippen LogP contribution in [0.15, 0.2) is 24.3 Å². The molecule has 2 N–H and O–H groups in total. The van der Waals surface area contributed by atoms with Gasteiger partial charge in [0.2, 0.25) is 11.8 Å². The van der Waals surface area contributed by atoms with Gasteiger partial charge in [-0.25, -0.2) is 0 Å². The lowest BCUT2D eigenvalue weighted by atomic mass is 9.95. The number of hydrogen-bond donors (Lipinski definition) is 2. The maximum absolute atomic E-state index is 12.7. The van der Waals surface area contributed by atoms with E-state index < -0.39 is 0 Å². The molecule has 3 rings (SSSR count). The predicted molar refractivity (Wildman–Crippen MR) is 93.6 cm³/mol. The molecule has 0 aliphatic carbocycles. The maximum atomic E-state index is 12.7. The number of rotatable bonds is 5. The summed E-state index contributed by atoms with van der Waals surface area (Å²) in [6, 6.07) is 7.11.